The molecule has 0 bridgehead atoms. The molecule has 0 saturated carbocycles. The van der Waals surface area contributed by atoms with Crippen LogP contribution in [0.1, 0.15) is 49.9 Å². The van der Waals surface area contributed by atoms with Gasteiger partial charge in [0.25, 0.3) is 0 Å². The quantitative estimate of drug-likeness (QED) is 0.146. The molecule has 296 valence electrons. The Bertz CT molecular complexity index is 2000. The standard InChI is InChI=1S/C20H21ClN4.C16H20N2.C4H2Cl2N2.4ClH/c1-14(17-8-4-6-15-5-2-3-7-18(15)17)24-16-9-12-25(13-16)20-19(21)22-10-11-23-20;1-12(18-14-9-10-17-11-14)15-8-4-6-13-5-2-3-7-16(13)15;5-3-4(6)8-2-1-7-3;;;;/h2-8,10-11,14,16,24H,9,12-13H2,1H3;2-8,12,14,17-18H,9-11H2,1H3;1-2H;4*1H/t14-,16-;12-,14-;;;;;/m11...../s1. The number of rotatable bonds is 7. The number of fused-ring (bicyclic) bond motifs is 2. The number of anilines is 1. The minimum Gasteiger partial charge on any atom is -0.352 e. The summed E-state index contributed by atoms with van der Waals surface area (Å²) in [6.45, 7) is 8.57. The van der Waals surface area contributed by atoms with Crippen LogP contribution in [0, 0.1) is 0 Å². The van der Waals surface area contributed by atoms with E-state index < -0.39 is 0 Å². The molecule has 8 nitrogen and oxygen atoms in total. The Kier molecular flexibility index (Phi) is 21.2. The molecule has 6 aromatic rings. The van der Waals surface area contributed by atoms with Crippen molar-refractivity contribution in [2.24, 2.45) is 0 Å². The molecule has 15 heteroatoms. The van der Waals surface area contributed by atoms with Gasteiger partial charge in [0.1, 0.15) is 0 Å². The number of aromatic nitrogens is 4. The maximum atomic E-state index is 6.18. The van der Waals surface area contributed by atoms with Gasteiger partial charge in [0.2, 0.25) is 0 Å². The van der Waals surface area contributed by atoms with Crippen molar-refractivity contribution in [2.45, 2.75) is 50.9 Å². The summed E-state index contributed by atoms with van der Waals surface area (Å²) < 4.78 is 0. The van der Waals surface area contributed by atoms with E-state index in [0.29, 0.717) is 23.3 Å². The fraction of sp³-hybridized carbons (Fsp3) is 0.300. The molecule has 2 saturated heterocycles. The highest BCUT2D eigenvalue weighted by molar-refractivity contribution is 6.40. The van der Waals surface area contributed by atoms with Crippen LogP contribution in [0.5, 0.6) is 0 Å². The van der Waals surface area contributed by atoms with Gasteiger partial charge in [-0.15, -0.1) is 49.6 Å². The third kappa shape index (κ3) is 13.2. The number of halogens is 7. The molecule has 3 N–H and O–H groups in total. The first-order valence-corrected chi connectivity index (χ1v) is 18.5. The summed E-state index contributed by atoms with van der Waals surface area (Å²) in [5, 5.41) is 17.2. The van der Waals surface area contributed by atoms with Gasteiger partial charge in [-0.05, 0) is 65.9 Å². The summed E-state index contributed by atoms with van der Waals surface area (Å²) >= 11 is 17.0. The molecule has 4 heterocycles. The van der Waals surface area contributed by atoms with Crippen LogP contribution in [-0.2, 0) is 0 Å². The zero-order valence-electron chi connectivity index (χ0n) is 30.4. The van der Waals surface area contributed by atoms with Crippen LogP contribution in [0.3, 0.4) is 0 Å². The Hall–Kier alpha value is -2.73. The van der Waals surface area contributed by atoms with Crippen LogP contribution >= 0.6 is 84.4 Å². The van der Waals surface area contributed by atoms with Crippen molar-refractivity contribution >= 4 is 112 Å². The molecule has 0 amide bonds. The fourth-order valence-corrected chi connectivity index (χ4v) is 7.29. The first-order valence-electron chi connectivity index (χ1n) is 17.4. The van der Waals surface area contributed by atoms with Gasteiger partial charge < -0.3 is 20.9 Å². The van der Waals surface area contributed by atoms with Crippen molar-refractivity contribution in [1.29, 1.82) is 0 Å². The van der Waals surface area contributed by atoms with Gasteiger partial charge in [-0.25, -0.2) is 19.9 Å². The Morgan fingerprint density at radius 2 is 1.07 bits per heavy atom. The molecule has 4 atom stereocenters. The van der Waals surface area contributed by atoms with Crippen LogP contribution in [0.25, 0.3) is 21.5 Å². The van der Waals surface area contributed by atoms with Crippen molar-refractivity contribution in [1.82, 2.24) is 35.9 Å². The molecule has 2 fully saturated rings. The van der Waals surface area contributed by atoms with Crippen LogP contribution < -0.4 is 20.9 Å². The van der Waals surface area contributed by atoms with E-state index in [0.717, 1.165) is 38.4 Å². The number of nitrogens with one attached hydrogen (secondary N) is 3. The van der Waals surface area contributed by atoms with E-state index in [1.54, 1.807) is 12.4 Å². The topological polar surface area (TPSA) is 90.9 Å². The monoisotopic (exact) mass is 884 g/mol. The average Bonchev–Trinajstić information content (AvgIpc) is 3.85. The first kappa shape index (κ1) is 48.4. The van der Waals surface area contributed by atoms with E-state index in [1.807, 2.05) is 0 Å². The molecule has 0 spiro atoms. The van der Waals surface area contributed by atoms with Crippen molar-refractivity contribution in [3.63, 3.8) is 0 Å². The lowest BCUT2D eigenvalue weighted by Crippen LogP contribution is -2.34. The number of hydrogen-bond donors (Lipinski definition) is 3. The number of nitrogens with zero attached hydrogens (tertiary/aromatic N) is 5. The smallest absolute Gasteiger partial charge is 0.171 e. The second-order valence-electron chi connectivity index (χ2n) is 12.8. The Morgan fingerprint density at radius 3 is 1.56 bits per heavy atom. The molecule has 2 aliphatic heterocycles. The highest BCUT2D eigenvalue weighted by Gasteiger charge is 2.26. The second-order valence-corrected chi connectivity index (χ2v) is 13.9. The average molecular weight is 888 g/mol. The zero-order chi connectivity index (χ0) is 35.6. The molecule has 4 aromatic carbocycles. The van der Waals surface area contributed by atoms with E-state index >= 15 is 0 Å². The summed E-state index contributed by atoms with van der Waals surface area (Å²) in [5.74, 6) is 0.784. The van der Waals surface area contributed by atoms with E-state index in [9.17, 15) is 0 Å². The van der Waals surface area contributed by atoms with Crippen molar-refractivity contribution in [2.75, 3.05) is 31.1 Å². The lowest BCUT2D eigenvalue weighted by atomic mass is 9.99. The Morgan fingerprint density at radius 1 is 0.600 bits per heavy atom. The predicted octanol–water partition coefficient (Wildman–Crippen LogP) is 10.5. The van der Waals surface area contributed by atoms with Gasteiger partial charge in [0, 0.05) is 68.6 Å². The molecular weight excluding hydrogens is 841 g/mol. The summed E-state index contributed by atoms with van der Waals surface area (Å²) in [5.41, 5.74) is 2.74. The summed E-state index contributed by atoms with van der Waals surface area (Å²) in [7, 11) is 0. The minimum absolute atomic E-state index is 0. The molecule has 2 aromatic heterocycles. The van der Waals surface area contributed by atoms with E-state index in [4.69, 9.17) is 34.8 Å². The van der Waals surface area contributed by atoms with Gasteiger partial charge in [-0.3, -0.25) is 0 Å². The predicted molar refractivity (Wildman–Crippen MR) is 241 cm³/mol. The zero-order valence-corrected chi connectivity index (χ0v) is 36.0. The van der Waals surface area contributed by atoms with Gasteiger partial charge in [-0.2, -0.15) is 0 Å². The minimum atomic E-state index is 0. The highest BCUT2D eigenvalue weighted by Crippen LogP contribution is 2.28. The van der Waals surface area contributed by atoms with Crippen molar-refractivity contribution in [3.05, 3.63) is 136 Å². The SMILES string of the molecule is C[C@@H](N[C@@H]1CCN(c2nccnc2Cl)C1)c1cccc2ccccc12.C[C@@H](N[C@@H]1CCNC1)c1cccc2ccccc12.Cl.Cl.Cl.Cl.Clc1nccnc1Cl. The number of hydrogen-bond acceptors (Lipinski definition) is 8. The van der Waals surface area contributed by atoms with Gasteiger partial charge >= 0.3 is 0 Å². The molecule has 0 aliphatic carbocycles. The molecule has 0 unspecified atom stereocenters. The van der Waals surface area contributed by atoms with Gasteiger partial charge in [0.05, 0.1) is 0 Å². The lowest BCUT2D eigenvalue weighted by molar-refractivity contribution is 0.480. The fourth-order valence-electron chi connectivity index (χ4n) is 6.86. The molecular formula is C40H47Cl7N8. The second kappa shape index (κ2) is 24.1. The third-order valence-corrected chi connectivity index (χ3v) is 10.3. The lowest BCUT2D eigenvalue weighted by Gasteiger charge is -2.22. The molecule has 55 heavy (non-hydrogen) atoms. The van der Waals surface area contributed by atoms with E-state index in [1.165, 1.54) is 51.5 Å². The molecule has 8 rings (SSSR count). The molecule has 0 radical (unpaired) electrons. The number of benzene rings is 4. The van der Waals surface area contributed by atoms with Crippen LogP contribution in [-0.4, -0.2) is 58.2 Å². The molecule has 2 aliphatic rings. The van der Waals surface area contributed by atoms with Crippen molar-refractivity contribution in [3.8, 4) is 0 Å². The van der Waals surface area contributed by atoms with Crippen LogP contribution in [0.2, 0.25) is 15.5 Å². The Labute approximate surface area is 363 Å². The largest absolute Gasteiger partial charge is 0.352 e. The normalized spacial score (nSPS) is 16.8. The van der Waals surface area contributed by atoms with Crippen LogP contribution in [0.15, 0.2) is 110 Å². The van der Waals surface area contributed by atoms with Crippen molar-refractivity contribution < 1.29 is 0 Å². The van der Waals surface area contributed by atoms with Gasteiger partial charge in [0.15, 0.2) is 21.3 Å². The van der Waals surface area contributed by atoms with E-state index in [-0.39, 0.29) is 66.0 Å². The summed E-state index contributed by atoms with van der Waals surface area (Å²) in [6, 6.07) is 32.0. The van der Waals surface area contributed by atoms with E-state index in [2.05, 4.69) is 140 Å². The third-order valence-electron chi connectivity index (χ3n) is 9.35. The maximum absolute atomic E-state index is 6.18. The first-order chi connectivity index (χ1) is 24.9. The Balaban J connectivity index is 0.000000307. The summed E-state index contributed by atoms with van der Waals surface area (Å²) in [6.07, 6.45) is 8.58. The van der Waals surface area contributed by atoms with Crippen LogP contribution in [0.4, 0.5) is 5.82 Å². The summed E-state index contributed by atoms with van der Waals surface area (Å²) in [4.78, 5) is 18.0. The highest BCUT2D eigenvalue weighted by atomic mass is 35.5. The van der Waals surface area contributed by atoms with Gasteiger partial charge in [-0.1, -0.05) is 120 Å². The maximum Gasteiger partial charge on any atom is 0.171 e.